The minimum atomic E-state index is -4.25. The topological polar surface area (TPSA) is 164 Å². The highest BCUT2D eigenvalue weighted by molar-refractivity contribution is 7.92. The van der Waals surface area contributed by atoms with E-state index >= 15 is 0 Å². The highest BCUT2D eigenvalue weighted by atomic mass is 32.2. The van der Waals surface area contributed by atoms with E-state index in [9.17, 15) is 33.7 Å². The second-order valence-corrected chi connectivity index (χ2v) is 13.6. The number of rotatable bonds is 13. The van der Waals surface area contributed by atoms with E-state index in [1.165, 1.54) is 13.8 Å². The normalized spacial score (nSPS) is 16.4. The molecule has 0 aromatic rings. The Kier molecular flexibility index (Phi) is 9.82. The van der Waals surface area contributed by atoms with Crippen molar-refractivity contribution < 1.29 is 46.2 Å². The van der Waals surface area contributed by atoms with Gasteiger partial charge in [0, 0.05) is 6.26 Å². The average molecular weight is 475 g/mol. The predicted octanol–water partition coefficient (Wildman–Crippen LogP) is -0.0492. The lowest BCUT2D eigenvalue weighted by atomic mass is 10.4. The van der Waals surface area contributed by atoms with Gasteiger partial charge in [-0.2, -0.15) is 25.3 Å². The Morgan fingerprint density at radius 1 is 0.630 bits per heavy atom. The molecule has 0 spiro atoms. The van der Waals surface area contributed by atoms with Crippen molar-refractivity contribution in [2.75, 3.05) is 17.8 Å². The molecule has 0 bridgehead atoms. The van der Waals surface area contributed by atoms with Gasteiger partial charge in [-0.15, -0.1) is 0 Å². The fraction of sp³-hybridized carbons (Fsp3) is 1.00. The summed E-state index contributed by atoms with van der Waals surface area (Å²) in [6.45, 7) is 4.96. The van der Waals surface area contributed by atoms with Gasteiger partial charge in [-0.3, -0.25) is 8.37 Å². The molecule has 2 unspecified atom stereocenters. The van der Waals surface area contributed by atoms with E-state index in [-0.39, 0.29) is 12.8 Å². The Labute approximate surface area is 161 Å². The Hall–Kier alpha value is -0.320. The van der Waals surface area contributed by atoms with Crippen molar-refractivity contribution in [1.29, 1.82) is 0 Å². The zero-order chi connectivity index (χ0) is 21.7. The summed E-state index contributed by atoms with van der Waals surface area (Å²) < 4.78 is 106. The standard InChI is InChI=1S/C12H26O11S4/c1-10(2)21-27(19,20)12(4)23-26(17,18)9-7-6-8-25(15,16)22-11(3)24(5,13)14/h10-12H,6-9H2,1-5H3. The van der Waals surface area contributed by atoms with Crippen molar-refractivity contribution in [2.24, 2.45) is 0 Å². The zero-order valence-corrected chi connectivity index (χ0v) is 19.0. The minimum absolute atomic E-state index is 0.162. The second kappa shape index (κ2) is 9.93. The summed E-state index contributed by atoms with van der Waals surface area (Å²) in [7, 11) is -16.4. The van der Waals surface area contributed by atoms with E-state index in [1.807, 2.05) is 0 Å². The van der Waals surface area contributed by atoms with E-state index in [1.54, 1.807) is 0 Å². The van der Waals surface area contributed by atoms with Crippen molar-refractivity contribution in [2.45, 2.75) is 57.5 Å². The van der Waals surface area contributed by atoms with Gasteiger partial charge in [0.15, 0.2) is 20.7 Å². The van der Waals surface area contributed by atoms with Crippen LogP contribution in [0.5, 0.6) is 0 Å². The molecule has 15 heteroatoms. The van der Waals surface area contributed by atoms with Crippen LogP contribution in [0.15, 0.2) is 0 Å². The summed E-state index contributed by atoms with van der Waals surface area (Å²) in [4.78, 5) is 0. The number of sulfone groups is 1. The summed E-state index contributed by atoms with van der Waals surface area (Å²) in [6.07, 6.45) is -0.209. The first-order valence-electron chi connectivity index (χ1n) is 7.81. The summed E-state index contributed by atoms with van der Waals surface area (Å²) in [5, 5.41) is 0. The van der Waals surface area contributed by atoms with Crippen LogP contribution in [0.3, 0.4) is 0 Å². The molecule has 0 aliphatic carbocycles. The molecule has 11 nitrogen and oxygen atoms in total. The van der Waals surface area contributed by atoms with Gasteiger partial charge in [0.1, 0.15) is 0 Å². The maximum atomic E-state index is 11.8. The maximum absolute atomic E-state index is 11.8. The van der Waals surface area contributed by atoms with E-state index in [0.29, 0.717) is 0 Å². The van der Waals surface area contributed by atoms with Gasteiger partial charge >= 0.3 is 0 Å². The summed E-state index contributed by atoms with van der Waals surface area (Å²) in [5.41, 5.74) is -3.31. The van der Waals surface area contributed by atoms with Crippen LogP contribution in [0.1, 0.15) is 40.5 Å². The number of hydrogen-bond acceptors (Lipinski definition) is 11. The van der Waals surface area contributed by atoms with Crippen LogP contribution in [0.25, 0.3) is 0 Å². The van der Waals surface area contributed by atoms with Gasteiger partial charge in [-0.25, -0.2) is 12.6 Å². The molecule has 0 radical (unpaired) electrons. The average Bonchev–Trinajstić information content (AvgIpc) is 2.40. The van der Waals surface area contributed by atoms with Crippen LogP contribution in [0.4, 0.5) is 0 Å². The van der Waals surface area contributed by atoms with E-state index in [4.69, 9.17) is 0 Å². The molecule has 0 fully saturated rings. The van der Waals surface area contributed by atoms with Gasteiger partial charge in [0.2, 0.25) is 0 Å². The molecule has 0 rings (SSSR count). The molecule has 0 saturated carbocycles. The highest BCUT2D eigenvalue weighted by Crippen LogP contribution is 2.14. The molecule has 0 aromatic carbocycles. The number of unbranched alkanes of at least 4 members (excludes halogenated alkanes) is 1. The van der Waals surface area contributed by atoms with Crippen molar-refractivity contribution >= 4 is 40.2 Å². The third-order valence-electron chi connectivity index (χ3n) is 2.94. The Morgan fingerprint density at radius 3 is 1.33 bits per heavy atom. The van der Waals surface area contributed by atoms with Crippen LogP contribution in [-0.2, 0) is 52.7 Å². The fourth-order valence-corrected chi connectivity index (χ4v) is 6.03. The molecule has 0 N–H and O–H groups in total. The van der Waals surface area contributed by atoms with Gasteiger partial charge in [0.25, 0.3) is 30.4 Å². The number of hydrogen-bond donors (Lipinski definition) is 0. The maximum Gasteiger partial charge on any atom is 0.296 e. The monoisotopic (exact) mass is 474 g/mol. The van der Waals surface area contributed by atoms with Crippen LogP contribution in [-0.4, -0.2) is 68.4 Å². The van der Waals surface area contributed by atoms with Crippen LogP contribution < -0.4 is 0 Å². The van der Waals surface area contributed by atoms with Gasteiger partial charge < -0.3 is 0 Å². The fourth-order valence-electron chi connectivity index (χ4n) is 1.53. The molecular weight excluding hydrogens is 448 g/mol. The largest absolute Gasteiger partial charge is 0.296 e. The zero-order valence-electron chi connectivity index (χ0n) is 15.7. The van der Waals surface area contributed by atoms with Gasteiger partial charge in [-0.1, -0.05) is 0 Å². The van der Waals surface area contributed by atoms with Crippen molar-refractivity contribution in [1.82, 2.24) is 0 Å². The first kappa shape index (κ1) is 26.7. The molecule has 27 heavy (non-hydrogen) atoms. The molecule has 0 heterocycles. The molecular formula is C12H26O11S4. The van der Waals surface area contributed by atoms with Crippen molar-refractivity contribution in [3.05, 3.63) is 0 Å². The lowest BCUT2D eigenvalue weighted by molar-refractivity contribution is 0.210. The first-order chi connectivity index (χ1) is 11.9. The van der Waals surface area contributed by atoms with E-state index in [0.717, 1.165) is 20.1 Å². The molecule has 2 atom stereocenters. The minimum Gasteiger partial charge on any atom is -0.265 e. The Balaban J connectivity index is 4.60. The second-order valence-electron chi connectivity index (χ2n) is 6.03. The van der Waals surface area contributed by atoms with Crippen LogP contribution >= 0.6 is 0 Å². The summed E-state index contributed by atoms with van der Waals surface area (Å²) >= 11 is 0. The Morgan fingerprint density at radius 2 is 1.00 bits per heavy atom. The van der Waals surface area contributed by atoms with Crippen LogP contribution in [0, 0.1) is 0 Å². The van der Waals surface area contributed by atoms with Gasteiger partial charge in [0.05, 0.1) is 17.6 Å². The molecule has 164 valence electrons. The van der Waals surface area contributed by atoms with Crippen molar-refractivity contribution in [3.63, 3.8) is 0 Å². The summed E-state index contributed by atoms with van der Waals surface area (Å²) in [5.74, 6) is -1.24. The van der Waals surface area contributed by atoms with Crippen molar-refractivity contribution in [3.8, 4) is 0 Å². The predicted molar refractivity (Wildman–Crippen MR) is 97.9 cm³/mol. The molecule has 0 aliphatic heterocycles. The lowest BCUT2D eigenvalue weighted by Gasteiger charge is -2.15. The quantitative estimate of drug-likeness (QED) is 0.259. The summed E-state index contributed by atoms with van der Waals surface area (Å²) in [6, 6.07) is 0. The Bertz CT molecular complexity index is 883. The lowest BCUT2D eigenvalue weighted by Crippen LogP contribution is -2.29. The first-order valence-corrected chi connectivity index (χ1v) is 14.4. The van der Waals surface area contributed by atoms with E-state index in [2.05, 4.69) is 12.5 Å². The molecule has 0 amide bonds. The third-order valence-corrected chi connectivity index (χ3v) is 8.79. The van der Waals surface area contributed by atoms with Crippen LogP contribution in [0.2, 0.25) is 0 Å². The molecule has 0 aromatic heterocycles. The SMILES string of the molecule is CC(C)OS(=O)(=O)C(C)OS(=O)(=O)CCCCS(=O)(=O)OC(C)S(C)(=O)=O. The highest BCUT2D eigenvalue weighted by Gasteiger charge is 2.29. The molecule has 0 saturated heterocycles. The smallest absolute Gasteiger partial charge is 0.265 e. The van der Waals surface area contributed by atoms with E-state index < -0.39 is 68.7 Å². The molecule has 0 aliphatic rings. The van der Waals surface area contributed by atoms with Gasteiger partial charge in [-0.05, 0) is 40.5 Å². The third kappa shape index (κ3) is 11.3.